The first kappa shape index (κ1) is 8.55. The van der Waals surface area contributed by atoms with Crippen LogP contribution in [0.1, 0.15) is 0 Å². The van der Waals surface area contributed by atoms with Gasteiger partial charge in [-0.25, -0.2) is 4.98 Å². The zero-order chi connectivity index (χ0) is 10.1. The Kier molecular flexibility index (Phi) is 1.85. The molecule has 0 fully saturated rings. The van der Waals surface area contributed by atoms with Crippen LogP contribution in [0.5, 0.6) is 0 Å². The van der Waals surface area contributed by atoms with Gasteiger partial charge in [0, 0.05) is 7.05 Å². The molecule has 1 aromatic carbocycles. The van der Waals surface area contributed by atoms with E-state index in [1.165, 1.54) is 12.4 Å². The van der Waals surface area contributed by atoms with Gasteiger partial charge in [0.15, 0.2) is 11.7 Å². The Hall–Kier alpha value is -2.04. The third-order valence-electron chi connectivity index (χ3n) is 2.08. The molecule has 2 rings (SSSR count). The van der Waals surface area contributed by atoms with Crippen molar-refractivity contribution in [2.45, 2.75) is 0 Å². The van der Waals surface area contributed by atoms with E-state index in [1.807, 2.05) is 0 Å². The van der Waals surface area contributed by atoms with Crippen molar-refractivity contribution in [1.29, 1.82) is 0 Å². The summed E-state index contributed by atoms with van der Waals surface area (Å²) in [5.41, 5.74) is 7.92. The molecule has 0 aliphatic carbocycles. The average molecular weight is 190 g/mol. The van der Waals surface area contributed by atoms with Crippen molar-refractivity contribution >= 4 is 22.4 Å². The van der Waals surface area contributed by atoms with Gasteiger partial charge in [0.1, 0.15) is 5.69 Å². The molecule has 1 heterocycles. The van der Waals surface area contributed by atoms with Gasteiger partial charge in [-0.1, -0.05) is 0 Å². The van der Waals surface area contributed by atoms with Gasteiger partial charge in [-0.15, -0.1) is 0 Å². The molecular weight excluding hydrogens is 180 g/mol. The number of nitrogens with two attached hydrogens (primary N) is 1. The second-order valence-corrected chi connectivity index (χ2v) is 2.90. The minimum Gasteiger partial charge on any atom is -0.618 e. The Bertz CT molecular complexity index is 483. The van der Waals surface area contributed by atoms with E-state index in [0.29, 0.717) is 16.7 Å². The van der Waals surface area contributed by atoms with E-state index in [4.69, 9.17) is 5.73 Å². The van der Waals surface area contributed by atoms with Gasteiger partial charge < -0.3 is 16.3 Å². The minimum absolute atomic E-state index is 0.468. The fourth-order valence-electron chi connectivity index (χ4n) is 1.40. The summed E-state index contributed by atoms with van der Waals surface area (Å²) in [7, 11) is 1.75. The first-order valence-corrected chi connectivity index (χ1v) is 4.18. The predicted octanol–water partition coefficient (Wildman–Crippen LogP) is 0.492. The van der Waals surface area contributed by atoms with Crippen LogP contribution in [0.15, 0.2) is 24.5 Å². The number of benzene rings is 1. The molecule has 2 aromatic rings. The van der Waals surface area contributed by atoms with Crippen LogP contribution >= 0.6 is 0 Å². The third kappa shape index (κ3) is 1.10. The van der Waals surface area contributed by atoms with Crippen LogP contribution in [0.3, 0.4) is 0 Å². The van der Waals surface area contributed by atoms with Crippen LogP contribution in [-0.2, 0) is 0 Å². The van der Waals surface area contributed by atoms with Gasteiger partial charge in [-0.2, -0.15) is 4.73 Å². The second kappa shape index (κ2) is 3.02. The molecule has 0 bridgehead atoms. The molecule has 0 aliphatic heterocycles. The lowest BCUT2D eigenvalue weighted by atomic mass is 10.2. The molecule has 0 unspecified atom stereocenters. The number of nitrogens with one attached hydrogen (secondary N) is 1. The van der Waals surface area contributed by atoms with E-state index in [0.717, 1.165) is 10.4 Å². The van der Waals surface area contributed by atoms with Crippen molar-refractivity contribution in [3.8, 4) is 0 Å². The molecule has 0 amide bonds. The van der Waals surface area contributed by atoms with Crippen LogP contribution in [-0.4, -0.2) is 12.0 Å². The molecule has 0 atom stereocenters. The highest BCUT2D eigenvalue weighted by Crippen LogP contribution is 2.22. The fraction of sp³-hybridized carbons (Fsp3) is 0.111. The van der Waals surface area contributed by atoms with E-state index in [1.54, 1.807) is 19.2 Å². The van der Waals surface area contributed by atoms with Gasteiger partial charge in [0.05, 0.1) is 11.9 Å². The van der Waals surface area contributed by atoms with Crippen LogP contribution in [0.4, 0.5) is 11.4 Å². The molecule has 14 heavy (non-hydrogen) atoms. The fourth-order valence-corrected chi connectivity index (χ4v) is 1.40. The van der Waals surface area contributed by atoms with Gasteiger partial charge in [-0.3, -0.25) is 0 Å². The number of nitrogen functional groups attached to an aromatic ring is 1. The maximum Gasteiger partial charge on any atom is 0.267 e. The standard InChI is InChI=1S/C9H10N4O/c1-11-7-3-2-6(10)8-9(7)13(14)5-4-12-8/h2-5,11H,10H2,1H3. The van der Waals surface area contributed by atoms with Crippen LogP contribution in [0.2, 0.25) is 0 Å². The highest BCUT2D eigenvalue weighted by Gasteiger charge is 2.12. The van der Waals surface area contributed by atoms with Crippen molar-refractivity contribution in [3.05, 3.63) is 29.7 Å². The third-order valence-corrected chi connectivity index (χ3v) is 2.08. The van der Waals surface area contributed by atoms with Gasteiger partial charge in [0.2, 0.25) is 0 Å². The minimum atomic E-state index is 0.468. The van der Waals surface area contributed by atoms with Gasteiger partial charge >= 0.3 is 0 Å². The summed E-state index contributed by atoms with van der Waals surface area (Å²) in [6, 6.07) is 3.48. The molecule has 3 N–H and O–H groups in total. The summed E-state index contributed by atoms with van der Waals surface area (Å²) in [5, 5.41) is 14.4. The van der Waals surface area contributed by atoms with E-state index in [-0.39, 0.29) is 0 Å². The zero-order valence-electron chi connectivity index (χ0n) is 7.69. The van der Waals surface area contributed by atoms with Crippen molar-refractivity contribution in [2.24, 2.45) is 0 Å². The summed E-state index contributed by atoms with van der Waals surface area (Å²) in [6.07, 6.45) is 2.79. The molecule has 0 aliphatic rings. The summed E-state index contributed by atoms with van der Waals surface area (Å²) in [4.78, 5) is 4.06. The Labute approximate surface area is 80.8 Å². The molecule has 0 saturated heterocycles. The van der Waals surface area contributed by atoms with Crippen molar-refractivity contribution in [1.82, 2.24) is 4.98 Å². The lowest BCUT2D eigenvalue weighted by molar-refractivity contribution is -0.576. The lowest BCUT2D eigenvalue weighted by Gasteiger charge is -2.06. The molecule has 0 spiro atoms. The predicted molar refractivity (Wildman–Crippen MR) is 54.7 cm³/mol. The first-order chi connectivity index (χ1) is 6.74. The molecule has 0 saturated carbocycles. The summed E-state index contributed by atoms with van der Waals surface area (Å²) in [5.74, 6) is 0. The molecule has 5 nitrogen and oxygen atoms in total. The van der Waals surface area contributed by atoms with E-state index >= 15 is 0 Å². The quantitative estimate of drug-likeness (QED) is 0.390. The Balaban J connectivity index is 2.92. The topological polar surface area (TPSA) is 77.9 Å². The van der Waals surface area contributed by atoms with Crippen LogP contribution in [0, 0.1) is 5.21 Å². The van der Waals surface area contributed by atoms with Gasteiger partial charge in [-0.05, 0) is 12.1 Å². The zero-order valence-corrected chi connectivity index (χ0v) is 7.69. The van der Waals surface area contributed by atoms with Crippen molar-refractivity contribution in [3.63, 3.8) is 0 Å². The number of anilines is 2. The summed E-state index contributed by atoms with van der Waals surface area (Å²) < 4.78 is 0.754. The number of hydrogen-bond donors (Lipinski definition) is 2. The smallest absolute Gasteiger partial charge is 0.267 e. The maximum absolute atomic E-state index is 11.5. The largest absolute Gasteiger partial charge is 0.618 e. The molecule has 0 radical (unpaired) electrons. The molecule has 1 aromatic heterocycles. The van der Waals surface area contributed by atoms with E-state index < -0.39 is 0 Å². The second-order valence-electron chi connectivity index (χ2n) is 2.90. The molecular formula is C9H10N4O. The van der Waals surface area contributed by atoms with E-state index in [2.05, 4.69) is 10.3 Å². The SMILES string of the molecule is CNc1ccc(N)c2ncc[n+]([O-])c12. The molecule has 5 heteroatoms. The maximum atomic E-state index is 11.5. The number of fused-ring (bicyclic) bond motifs is 1. The Morgan fingerprint density at radius 3 is 3.00 bits per heavy atom. The number of aromatic nitrogens is 2. The Morgan fingerprint density at radius 1 is 1.50 bits per heavy atom. The summed E-state index contributed by atoms with van der Waals surface area (Å²) in [6.45, 7) is 0. The average Bonchev–Trinajstić information content (AvgIpc) is 2.20. The van der Waals surface area contributed by atoms with Crippen molar-refractivity contribution < 1.29 is 4.73 Å². The van der Waals surface area contributed by atoms with Crippen molar-refractivity contribution in [2.75, 3.05) is 18.1 Å². The Morgan fingerprint density at radius 2 is 2.29 bits per heavy atom. The van der Waals surface area contributed by atoms with Crippen LogP contribution in [0.25, 0.3) is 11.0 Å². The summed E-state index contributed by atoms with van der Waals surface area (Å²) >= 11 is 0. The molecule has 72 valence electrons. The number of nitrogens with zero attached hydrogens (tertiary/aromatic N) is 2. The highest BCUT2D eigenvalue weighted by molar-refractivity contribution is 5.93. The highest BCUT2D eigenvalue weighted by atomic mass is 16.5. The van der Waals surface area contributed by atoms with Gasteiger partial charge in [0.25, 0.3) is 5.52 Å². The normalized spacial score (nSPS) is 10.4. The number of hydrogen-bond acceptors (Lipinski definition) is 4. The van der Waals surface area contributed by atoms with E-state index in [9.17, 15) is 5.21 Å². The lowest BCUT2D eigenvalue weighted by Crippen LogP contribution is -2.27. The number of rotatable bonds is 1. The monoisotopic (exact) mass is 190 g/mol. The first-order valence-electron chi connectivity index (χ1n) is 4.18. The van der Waals surface area contributed by atoms with Crippen LogP contribution < -0.4 is 15.8 Å².